The summed E-state index contributed by atoms with van der Waals surface area (Å²) in [7, 11) is 2.11. The van der Waals surface area contributed by atoms with E-state index in [9.17, 15) is 0 Å². The van der Waals surface area contributed by atoms with Crippen molar-refractivity contribution in [3.05, 3.63) is 78.0 Å². The molecular weight excluding hydrogens is 354 g/mol. The van der Waals surface area contributed by atoms with Crippen molar-refractivity contribution in [3.63, 3.8) is 0 Å². The highest BCUT2D eigenvalue weighted by atomic mass is 16.3. The summed E-state index contributed by atoms with van der Waals surface area (Å²) in [6, 6.07) is 21.7. The maximum Gasteiger partial charge on any atom is 0.216 e. The topological polar surface area (TPSA) is 17.0 Å². The van der Waals surface area contributed by atoms with Gasteiger partial charge in [-0.25, -0.2) is 4.57 Å². The van der Waals surface area contributed by atoms with Gasteiger partial charge in [-0.1, -0.05) is 63.2 Å². The number of nitrogens with zero attached hydrogens (tertiary/aromatic N) is 1. The van der Waals surface area contributed by atoms with E-state index in [0.717, 1.165) is 16.6 Å². The Balaban J connectivity index is 1.90. The van der Waals surface area contributed by atoms with Crippen LogP contribution in [0.1, 0.15) is 31.9 Å². The number of hydrogen-bond acceptors (Lipinski definition) is 1. The SMILES string of the molecule is Cc1ccc2c(oc3c4ccccc4ccc23)c1-c1cc(C(C)(C)C)cc[n+]1C. The minimum absolute atomic E-state index is 0.0922. The molecule has 0 saturated carbocycles. The quantitative estimate of drug-likeness (QED) is 0.291. The van der Waals surface area contributed by atoms with Gasteiger partial charge in [0.1, 0.15) is 18.2 Å². The highest BCUT2D eigenvalue weighted by molar-refractivity contribution is 6.17. The van der Waals surface area contributed by atoms with Crippen molar-refractivity contribution in [1.82, 2.24) is 0 Å². The average molecular weight is 381 g/mol. The molecule has 0 saturated heterocycles. The lowest BCUT2D eigenvalue weighted by atomic mass is 9.86. The third-order valence-electron chi connectivity index (χ3n) is 6.01. The number of pyridine rings is 1. The molecule has 5 aromatic rings. The third kappa shape index (κ3) is 2.74. The maximum absolute atomic E-state index is 6.60. The van der Waals surface area contributed by atoms with Gasteiger partial charge >= 0.3 is 0 Å². The van der Waals surface area contributed by atoms with Crippen LogP contribution in [0.15, 0.2) is 71.3 Å². The predicted octanol–water partition coefficient (Wildman–Crippen LogP) is 6.84. The summed E-state index contributed by atoms with van der Waals surface area (Å²) >= 11 is 0. The fourth-order valence-corrected chi connectivity index (χ4v) is 4.27. The van der Waals surface area contributed by atoms with E-state index in [1.165, 1.54) is 38.5 Å². The van der Waals surface area contributed by atoms with Gasteiger partial charge in [0.2, 0.25) is 5.69 Å². The van der Waals surface area contributed by atoms with Crippen molar-refractivity contribution in [3.8, 4) is 11.3 Å². The first kappa shape index (κ1) is 17.9. The molecule has 0 aliphatic heterocycles. The molecule has 0 aliphatic carbocycles. The third-order valence-corrected chi connectivity index (χ3v) is 6.01. The number of furan rings is 1. The van der Waals surface area contributed by atoms with E-state index in [-0.39, 0.29) is 5.41 Å². The van der Waals surface area contributed by atoms with Crippen molar-refractivity contribution in [2.24, 2.45) is 7.05 Å². The standard InChI is InChI=1S/C27H26NO/c1-17-10-12-22-21-13-11-18-8-6-7-9-20(18)25(21)29-26(22)24(17)23-16-19(27(2,3)4)14-15-28(23)5/h6-16H,1-5H3/q+1. The molecule has 2 aromatic heterocycles. The number of benzene rings is 3. The monoisotopic (exact) mass is 380 g/mol. The summed E-state index contributed by atoms with van der Waals surface area (Å²) in [6.45, 7) is 8.94. The van der Waals surface area contributed by atoms with Gasteiger partial charge in [0, 0.05) is 28.3 Å². The first-order chi connectivity index (χ1) is 13.8. The van der Waals surface area contributed by atoms with Crippen molar-refractivity contribution in [2.75, 3.05) is 0 Å². The number of rotatable bonds is 1. The first-order valence-electron chi connectivity index (χ1n) is 10.2. The number of aryl methyl sites for hydroxylation is 2. The van der Waals surface area contributed by atoms with Gasteiger partial charge in [-0.2, -0.15) is 0 Å². The van der Waals surface area contributed by atoms with Gasteiger partial charge in [0.25, 0.3) is 0 Å². The highest BCUT2D eigenvalue weighted by Crippen LogP contribution is 2.40. The Morgan fingerprint density at radius 3 is 2.31 bits per heavy atom. The highest BCUT2D eigenvalue weighted by Gasteiger charge is 2.24. The van der Waals surface area contributed by atoms with Gasteiger partial charge < -0.3 is 4.42 Å². The van der Waals surface area contributed by atoms with Crippen LogP contribution >= 0.6 is 0 Å². The van der Waals surface area contributed by atoms with Gasteiger partial charge in [-0.15, -0.1) is 0 Å². The molecule has 3 aromatic carbocycles. The van der Waals surface area contributed by atoms with Crippen LogP contribution in [0.4, 0.5) is 0 Å². The van der Waals surface area contributed by atoms with Gasteiger partial charge in [-0.05, 0) is 34.9 Å². The molecule has 0 amide bonds. The summed E-state index contributed by atoms with van der Waals surface area (Å²) in [5.74, 6) is 0. The minimum Gasteiger partial charge on any atom is -0.454 e. The molecule has 0 bridgehead atoms. The van der Waals surface area contributed by atoms with Crippen molar-refractivity contribution in [1.29, 1.82) is 0 Å². The average Bonchev–Trinajstić information content (AvgIpc) is 3.07. The summed E-state index contributed by atoms with van der Waals surface area (Å²) in [6.07, 6.45) is 2.16. The minimum atomic E-state index is 0.0922. The van der Waals surface area contributed by atoms with Crippen LogP contribution in [0, 0.1) is 6.92 Å². The fourth-order valence-electron chi connectivity index (χ4n) is 4.27. The first-order valence-corrected chi connectivity index (χ1v) is 10.2. The zero-order valence-electron chi connectivity index (χ0n) is 17.7. The molecule has 144 valence electrons. The van der Waals surface area contributed by atoms with Gasteiger partial charge in [0.15, 0.2) is 6.20 Å². The second-order valence-electron chi connectivity index (χ2n) is 9.06. The molecule has 0 radical (unpaired) electrons. The molecule has 0 N–H and O–H groups in total. The van der Waals surface area contributed by atoms with Crippen LogP contribution in [-0.2, 0) is 12.5 Å². The van der Waals surface area contributed by atoms with E-state index in [1.54, 1.807) is 0 Å². The molecule has 0 aliphatic rings. The normalized spacial score (nSPS) is 12.3. The maximum atomic E-state index is 6.60. The van der Waals surface area contributed by atoms with E-state index in [0.29, 0.717) is 0 Å². The van der Waals surface area contributed by atoms with Crippen LogP contribution in [0.25, 0.3) is 44.0 Å². The zero-order valence-corrected chi connectivity index (χ0v) is 17.7. The molecule has 2 heteroatoms. The number of aromatic nitrogens is 1. The summed E-state index contributed by atoms with van der Waals surface area (Å²) in [5.41, 5.74) is 6.94. The van der Waals surface area contributed by atoms with Crippen LogP contribution in [0.2, 0.25) is 0 Å². The van der Waals surface area contributed by atoms with Crippen LogP contribution in [0.3, 0.4) is 0 Å². The smallest absolute Gasteiger partial charge is 0.216 e. The molecule has 5 rings (SSSR count). The largest absolute Gasteiger partial charge is 0.454 e. The molecular formula is C27H26NO+. The van der Waals surface area contributed by atoms with Crippen molar-refractivity contribution < 1.29 is 8.98 Å². The van der Waals surface area contributed by atoms with Gasteiger partial charge in [-0.3, -0.25) is 0 Å². The summed E-state index contributed by atoms with van der Waals surface area (Å²) in [4.78, 5) is 0. The van der Waals surface area contributed by atoms with E-state index in [1.807, 2.05) is 0 Å². The fraction of sp³-hybridized carbons (Fsp3) is 0.222. The summed E-state index contributed by atoms with van der Waals surface area (Å²) < 4.78 is 8.80. The van der Waals surface area contributed by atoms with E-state index in [4.69, 9.17) is 4.42 Å². The molecule has 0 atom stereocenters. The Bertz CT molecular complexity index is 1400. The zero-order chi connectivity index (χ0) is 20.3. The number of hydrogen-bond donors (Lipinski definition) is 0. The lowest BCUT2D eigenvalue weighted by Gasteiger charge is -2.19. The Morgan fingerprint density at radius 2 is 1.52 bits per heavy atom. The predicted molar refractivity (Wildman–Crippen MR) is 121 cm³/mol. The Kier molecular flexibility index (Phi) is 3.82. The lowest BCUT2D eigenvalue weighted by Crippen LogP contribution is -2.32. The van der Waals surface area contributed by atoms with E-state index >= 15 is 0 Å². The Hall–Kier alpha value is -3.13. The van der Waals surface area contributed by atoms with E-state index in [2.05, 4.69) is 106 Å². The van der Waals surface area contributed by atoms with E-state index < -0.39 is 0 Å². The summed E-state index contributed by atoms with van der Waals surface area (Å²) in [5, 5.41) is 4.72. The molecule has 29 heavy (non-hydrogen) atoms. The number of fused-ring (bicyclic) bond motifs is 5. The van der Waals surface area contributed by atoms with Gasteiger partial charge in [0.05, 0.1) is 5.56 Å². The van der Waals surface area contributed by atoms with Crippen molar-refractivity contribution >= 4 is 32.7 Å². The second-order valence-corrected chi connectivity index (χ2v) is 9.06. The lowest BCUT2D eigenvalue weighted by molar-refractivity contribution is -0.660. The van der Waals surface area contributed by atoms with Crippen molar-refractivity contribution in [2.45, 2.75) is 33.1 Å². The molecule has 0 spiro atoms. The van der Waals surface area contributed by atoms with Crippen LogP contribution in [0.5, 0.6) is 0 Å². The molecule has 0 unspecified atom stereocenters. The molecule has 2 heterocycles. The van der Waals surface area contributed by atoms with Crippen LogP contribution in [-0.4, -0.2) is 0 Å². The second kappa shape index (κ2) is 6.18. The van der Waals surface area contributed by atoms with Crippen LogP contribution < -0.4 is 4.57 Å². The Morgan fingerprint density at radius 1 is 0.793 bits per heavy atom. The molecule has 2 nitrogen and oxygen atoms in total. The molecule has 0 fully saturated rings. The Labute approximate surface area is 171 Å².